The first-order valence-electron chi connectivity index (χ1n) is 7.36. The standard InChI is InChI=1S/C14H20N2O4S2/c17-21(18)7-5-11(9-21)15-13-3-1-2-4-14(13)16-12-6-8-22(19,20)10-12/h1-4,11-12,15-16H,5-10H2/t11-,12-/m1/s1. The van der Waals surface area contributed by atoms with Gasteiger partial charge >= 0.3 is 0 Å². The fourth-order valence-electron chi connectivity index (χ4n) is 2.99. The van der Waals surface area contributed by atoms with Crippen molar-refractivity contribution in [3.05, 3.63) is 24.3 Å². The number of benzene rings is 1. The third kappa shape index (κ3) is 3.73. The van der Waals surface area contributed by atoms with Crippen molar-refractivity contribution in [2.24, 2.45) is 0 Å². The highest BCUT2D eigenvalue weighted by Crippen LogP contribution is 2.27. The predicted octanol–water partition coefficient (Wildman–Crippen LogP) is 0.885. The quantitative estimate of drug-likeness (QED) is 0.842. The van der Waals surface area contributed by atoms with Crippen molar-refractivity contribution in [2.75, 3.05) is 33.6 Å². The Kier molecular flexibility index (Phi) is 4.07. The monoisotopic (exact) mass is 344 g/mol. The Labute approximate surface area is 131 Å². The van der Waals surface area contributed by atoms with Crippen molar-refractivity contribution in [2.45, 2.75) is 24.9 Å². The number of hydrogen-bond donors (Lipinski definition) is 2. The van der Waals surface area contributed by atoms with Gasteiger partial charge in [-0.15, -0.1) is 0 Å². The minimum absolute atomic E-state index is 0.0831. The molecule has 0 bridgehead atoms. The van der Waals surface area contributed by atoms with Gasteiger partial charge in [-0.05, 0) is 25.0 Å². The minimum atomic E-state index is -2.93. The number of rotatable bonds is 4. The lowest BCUT2D eigenvalue weighted by atomic mass is 10.2. The van der Waals surface area contributed by atoms with Gasteiger partial charge in [-0.25, -0.2) is 16.8 Å². The Hall–Kier alpha value is -1.28. The van der Waals surface area contributed by atoms with Crippen LogP contribution in [0.2, 0.25) is 0 Å². The maximum Gasteiger partial charge on any atom is 0.152 e. The molecule has 6 nitrogen and oxygen atoms in total. The van der Waals surface area contributed by atoms with Gasteiger partial charge in [-0.2, -0.15) is 0 Å². The third-order valence-electron chi connectivity index (χ3n) is 4.11. The lowest BCUT2D eigenvalue weighted by Gasteiger charge is -2.19. The molecule has 2 fully saturated rings. The van der Waals surface area contributed by atoms with Crippen LogP contribution in [0.5, 0.6) is 0 Å². The van der Waals surface area contributed by atoms with E-state index in [4.69, 9.17) is 0 Å². The second kappa shape index (κ2) is 5.73. The van der Waals surface area contributed by atoms with Gasteiger partial charge in [-0.3, -0.25) is 0 Å². The predicted molar refractivity (Wildman–Crippen MR) is 87.8 cm³/mol. The van der Waals surface area contributed by atoms with Gasteiger partial charge in [-0.1, -0.05) is 12.1 Å². The normalized spacial score (nSPS) is 29.3. The molecule has 0 unspecified atom stereocenters. The summed E-state index contributed by atoms with van der Waals surface area (Å²) in [5, 5.41) is 6.54. The second-order valence-electron chi connectivity index (χ2n) is 6.03. The van der Waals surface area contributed by atoms with Crippen LogP contribution in [0, 0.1) is 0 Å². The van der Waals surface area contributed by atoms with Crippen molar-refractivity contribution in [3.63, 3.8) is 0 Å². The molecule has 0 aromatic heterocycles. The lowest BCUT2D eigenvalue weighted by molar-refractivity contribution is 0.600. The van der Waals surface area contributed by atoms with E-state index in [1.165, 1.54) is 0 Å². The first-order chi connectivity index (χ1) is 10.3. The molecule has 8 heteroatoms. The molecule has 2 heterocycles. The van der Waals surface area contributed by atoms with Crippen LogP contribution >= 0.6 is 0 Å². The molecule has 0 saturated carbocycles. The van der Waals surface area contributed by atoms with Crippen molar-refractivity contribution in [3.8, 4) is 0 Å². The zero-order chi connectivity index (χ0) is 15.8. The third-order valence-corrected chi connectivity index (χ3v) is 7.65. The van der Waals surface area contributed by atoms with Gasteiger partial charge in [0.25, 0.3) is 0 Å². The van der Waals surface area contributed by atoms with E-state index in [-0.39, 0.29) is 35.1 Å². The fraction of sp³-hybridized carbons (Fsp3) is 0.571. The van der Waals surface area contributed by atoms with Crippen molar-refractivity contribution < 1.29 is 16.8 Å². The molecular formula is C14H20N2O4S2. The first-order valence-corrected chi connectivity index (χ1v) is 11.0. The highest BCUT2D eigenvalue weighted by molar-refractivity contribution is 7.91. The molecule has 22 heavy (non-hydrogen) atoms. The summed E-state index contributed by atoms with van der Waals surface area (Å²) in [4.78, 5) is 0. The van der Waals surface area contributed by atoms with Gasteiger partial charge in [0.2, 0.25) is 0 Å². The van der Waals surface area contributed by atoms with E-state index in [0.29, 0.717) is 12.8 Å². The Balaban J connectivity index is 1.71. The van der Waals surface area contributed by atoms with Gasteiger partial charge in [0.05, 0.1) is 34.4 Å². The summed E-state index contributed by atoms with van der Waals surface area (Å²) < 4.78 is 46.2. The highest BCUT2D eigenvalue weighted by atomic mass is 32.2. The van der Waals surface area contributed by atoms with E-state index >= 15 is 0 Å². The fourth-order valence-corrected chi connectivity index (χ4v) is 6.34. The summed E-state index contributed by atoms with van der Waals surface area (Å²) in [5.74, 6) is 0.751. The van der Waals surface area contributed by atoms with E-state index < -0.39 is 19.7 Å². The van der Waals surface area contributed by atoms with Crippen molar-refractivity contribution >= 4 is 31.0 Å². The molecule has 0 radical (unpaired) electrons. The van der Waals surface area contributed by atoms with E-state index in [1.807, 2.05) is 24.3 Å². The lowest BCUT2D eigenvalue weighted by Crippen LogP contribution is -2.24. The van der Waals surface area contributed by atoms with Gasteiger partial charge < -0.3 is 10.6 Å². The molecule has 3 rings (SSSR count). The van der Waals surface area contributed by atoms with Crippen LogP contribution < -0.4 is 10.6 Å². The molecule has 0 amide bonds. The van der Waals surface area contributed by atoms with Crippen LogP contribution in [0.1, 0.15) is 12.8 Å². The molecule has 2 aliphatic heterocycles. The smallest absolute Gasteiger partial charge is 0.152 e. The van der Waals surface area contributed by atoms with Crippen LogP contribution in [0.15, 0.2) is 24.3 Å². The summed E-state index contributed by atoms with van der Waals surface area (Å²) in [6.45, 7) is 0. The van der Waals surface area contributed by atoms with E-state index in [1.54, 1.807) is 0 Å². The van der Waals surface area contributed by atoms with Crippen LogP contribution in [-0.4, -0.2) is 51.9 Å². The SMILES string of the molecule is O=S1(=O)CC[C@@H](Nc2ccccc2N[C@@H]2CCS(=O)(=O)C2)C1. The molecule has 0 aliphatic carbocycles. The molecule has 2 saturated heterocycles. The molecule has 1 aromatic carbocycles. The highest BCUT2D eigenvalue weighted by Gasteiger charge is 2.30. The summed E-state index contributed by atoms with van der Waals surface area (Å²) in [6.07, 6.45) is 1.21. The Morgan fingerprint density at radius 1 is 0.773 bits per heavy atom. The number of nitrogens with one attached hydrogen (secondary N) is 2. The number of hydrogen-bond acceptors (Lipinski definition) is 6. The molecule has 1 aromatic rings. The van der Waals surface area contributed by atoms with Crippen molar-refractivity contribution in [1.29, 1.82) is 0 Å². The Morgan fingerprint density at radius 3 is 1.50 bits per heavy atom. The molecule has 122 valence electrons. The van der Waals surface area contributed by atoms with E-state index in [2.05, 4.69) is 10.6 Å². The number of anilines is 2. The van der Waals surface area contributed by atoms with Crippen molar-refractivity contribution in [1.82, 2.24) is 0 Å². The van der Waals surface area contributed by atoms with Gasteiger partial charge in [0, 0.05) is 12.1 Å². The molecular weight excluding hydrogens is 324 g/mol. The minimum Gasteiger partial charge on any atom is -0.380 e. The molecule has 2 atom stereocenters. The number of para-hydroxylation sites is 2. The summed E-state index contributed by atoms with van der Waals surface area (Å²) in [7, 11) is -5.86. The average molecular weight is 344 g/mol. The Morgan fingerprint density at radius 2 is 1.18 bits per heavy atom. The average Bonchev–Trinajstić information content (AvgIpc) is 2.94. The maximum absolute atomic E-state index is 11.5. The van der Waals surface area contributed by atoms with E-state index in [0.717, 1.165) is 11.4 Å². The maximum atomic E-state index is 11.5. The van der Waals surface area contributed by atoms with Crippen LogP contribution in [0.4, 0.5) is 11.4 Å². The van der Waals surface area contributed by atoms with Crippen LogP contribution in [-0.2, 0) is 19.7 Å². The van der Waals surface area contributed by atoms with Crippen LogP contribution in [0.25, 0.3) is 0 Å². The van der Waals surface area contributed by atoms with Crippen LogP contribution in [0.3, 0.4) is 0 Å². The van der Waals surface area contributed by atoms with Gasteiger partial charge in [0.1, 0.15) is 0 Å². The zero-order valence-corrected chi connectivity index (χ0v) is 13.8. The summed E-state index contributed by atoms with van der Waals surface area (Å²) in [5.41, 5.74) is 1.66. The topological polar surface area (TPSA) is 92.3 Å². The molecule has 2 N–H and O–H groups in total. The zero-order valence-electron chi connectivity index (χ0n) is 12.2. The summed E-state index contributed by atoms with van der Waals surface area (Å²) >= 11 is 0. The van der Waals surface area contributed by atoms with E-state index in [9.17, 15) is 16.8 Å². The first kappa shape index (κ1) is 15.6. The number of sulfone groups is 2. The molecule has 2 aliphatic rings. The summed E-state index contributed by atoms with van der Waals surface area (Å²) in [6, 6.07) is 7.36. The Bertz CT molecular complexity index is 694. The van der Waals surface area contributed by atoms with Gasteiger partial charge in [0.15, 0.2) is 19.7 Å². The second-order valence-corrected chi connectivity index (χ2v) is 10.5. The molecule has 0 spiro atoms. The largest absolute Gasteiger partial charge is 0.380 e.